The first-order valence-corrected chi connectivity index (χ1v) is 5.33. The highest BCUT2D eigenvalue weighted by atomic mass is 16.3. The standard InChI is InChI=1S/C10H20N2O2/c1-2-9(10(11)14)12-5-3-8(7-13)4-6-12/h8-9,13H,2-7H2,1H3,(H2,11,14). The second kappa shape index (κ2) is 5.32. The van der Waals surface area contributed by atoms with E-state index in [4.69, 9.17) is 10.8 Å². The number of piperidine rings is 1. The van der Waals surface area contributed by atoms with Crippen LogP contribution in [0.2, 0.25) is 0 Å². The summed E-state index contributed by atoms with van der Waals surface area (Å²) in [5.74, 6) is 0.187. The van der Waals surface area contributed by atoms with Crippen LogP contribution in [0.4, 0.5) is 0 Å². The quantitative estimate of drug-likeness (QED) is 0.669. The molecule has 0 aromatic rings. The van der Waals surface area contributed by atoms with Crippen molar-refractivity contribution in [2.24, 2.45) is 11.7 Å². The number of primary amides is 1. The number of hydrogen-bond acceptors (Lipinski definition) is 3. The fourth-order valence-corrected chi connectivity index (χ4v) is 2.09. The van der Waals surface area contributed by atoms with E-state index in [1.165, 1.54) is 0 Å². The molecular weight excluding hydrogens is 180 g/mol. The molecule has 1 amide bonds. The van der Waals surface area contributed by atoms with Gasteiger partial charge in [0.15, 0.2) is 0 Å². The summed E-state index contributed by atoms with van der Waals surface area (Å²) in [6.45, 7) is 4.01. The average molecular weight is 200 g/mol. The summed E-state index contributed by atoms with van der Waals surface area (Å²) in [7, 11) is 0. The lowest BCUT2D eigenvalue weighted by molar-refractivity contribution is -0.124. The zero-order chi connectivity index (χ0) is 10.6. The SMILES string of the molecule is CCC(C(N)=O)N1CCC(CO)CC1. The van der Waals surface area contributed by atoms with Gasteiger partial charge in [-0.25, -0.2) is 0 Å². The van der Waals surface area contributed by atoms with Gasteiger partial charge in [0.05, 0.1) is 6.04 Å². The van der Waals surface area contributed by atoms with Crippen LogP contribution in [-0.2, 0) is 4.79 Å². The van der Waals surface area contributed by atoms with Crippen molar-refractivity contribution in [3.8, 4) is 0 Å². The van der Waals surface area contributed by atoms with Crippen LogP contribution in [-0.4, -0.2) is 41.7 Å². The summed E-state index contributed by atoms with van der Waals surface area (Å²) in [6, 6.07) is -0.116. The number of amides is 1. The molecule has 1 saturated heterocycles. The topological polar surface area (TPSA) is 66.6 Å². The number of carbonyl (C=O) groups is 1. The van der Waals surface area contributed by atoms with Gasteiger partial charge in [-0.2, -0.15) is 0 Å². The molecule has 14 heavy (non-hydrogen) atoms. The van der Waals surface area contributed by atoms with Gasteiger partial charge in [0.2, 0.25) is 5.91 Å². The Labute approximate surface area is 85.1 Å². The van der Waals surface area contributed by atoms with Crippen LogP contribution in [0.3, 0.4) is 0 Å². The van der Waals surface area contributed by atoms with Gasteiger partial charge in [-0.3, -0.25) is 9.69 Å². The van der Waals surface area contributed by atoms with Crippen LogP contribution in [0, 0.1) is 5.92 Å². The van der Waals surface area contributed by atoms with E-state index in [2.05, 4.69) is 4.90 Å². The summed E-state index contributed by atoms with van der Waals surface area (Å²) in [5, 5.41) is 8.97. The average Bonchev–Trinajstić information content (AvgIpc) is 2.19. The van der Waals surface area contributed by atoms with Gasteiger partial charge in [0, 0.05) is 6.61 Å². The second-order valence-electron chi connectivity index (χ2n) is 3.99. The Kier molecular flexibility index (Phi) is 4.35. The van der Waals surface area contributed by atoms with Gasteiger partial charge >= 0.3 is 0 Å². The van der Waals surface area contributed by atoms with E-state index in [1.807, 2.05) is 6.92 Å². The molecule has 1 heterocycles. The van der Waals surface area contributed by atoms with E-state index in [9.17, 15) is 4.79 Å². The largest absolute Gasteiger partial charge is 0.396 e. The summed E-state index contributed by atoms with van der Waals surface area (Å²) < 4.78 is 0. The molecule has 4 heteroatoms. The van der Waals surface area contributed by atoms with Gasteiger partial charge < -0.3 is 10.8 Å². The van der Waals surface area contributed by atoms with E-state index in [0.717, 1.165) is 32.4 Å². The molecule has 82 valence electrons. The first-order valence-electron chi connectivity index (χ1n) is 5.33. The molecule has 0 spiro atoms. The zero-order valence-electron chi connectivity index (χ0n) is 8.78. The van der Waals surface area contributed by atoms with E-state index in [0.29, 0.717) is 5.92 Å². The number of nitrogens with two attached hydrogens (primary N) is 1. The molecule has 1 unspecified atom stereocenters. The Morgan fingerprint density at radius 1 is 1.57 bits per heavy atom. The summed E-state index contributed by atoms with van der Waals surface area (Å²) >= 11 is 0. The maximum atomic E-state index is 11.1. The van der Waals surface area contributed by atoms with E-state index in [1.54, 1.807) is 0 Å². The Balaban J connectivity index is 2.43. The third-order valence-electron chi connectivity index (χ3n) is 3.06. The molecule has 0 bridgehead atoms. The number of nitrogens with zero attached hydrogens (tertiary/aromatic N) is 1. The minimum atomic E-state index is -0.227. The van der Waals surface area contributed by atoms with Crippen molar-refractivity contribution in [2.75, 3.05) is 19.7 Å². The van der Waals surface area contributed by atoms with E-state index < -0.39 is 0 Å². The van der Waals surface area contributed by atoms with Crippen molar-refractivity contribution >= 4 is 5.91 Å². The third kappa shape index (κ3) is 2.69. The monoisotopic (exact) mass is 200 g/mol. The van der Waals surface area contributed by atoms with Gasteiger partial charge in [-0.15, -0.1) is 0 Å². The van der Waals surface area contributed by atoms with Crippen LogP contribution >= 0.6 is 0 Å². The van der Waals surface area contributed by atoms with Gasteiger partial charge in [-0.05, 0) is 38.3 Å². The van der Waals surface area contributed by atoms with Gasteiger partial charge in [-0.1, -0.05) is 6.92 Å². The maximum Gasteiger partial charge on any atom is 0.234 e. The highest BCUT2D eigenvalue weighted by molar-refractivity contribution is 5.79. The summed E-state index contributed by atoms with van der Waals surface area (Å²) in [5.41, 5.74) is 5.32. The molecule has 0 saturated carbocycles. The minimum Gasteiger partial charge on any atom is -0.396 e. The zero-order valence-corrected chi connectivity index (χ0v) is 8.78. The van der Waals surface area contributed by atoms with Crippen LogP contribution in [0.15, 0.2) is 0 Å². The lowest BCUT2D eigenvalue weighted by atomic mass is 9.96. The molecule has 4 nitrogen and oxygen atoms in total. The predicted molar refractivity (Wildman–Crippen MR) is 54.7 cm³/mol. The molecule has 0 aromatic heterocycles. The summed E-state index contributed by atoms with van der Waals surface area (Å²) in [4.78, 5) is 13.2. The van der Waals surface area contributed by atoms with Crippen LogP contribution in [0.25, 0.3) is 0 Å². The predicted octanol–water partition coefficient (Wildman–Crippen LogP) is -0.0454. The molecule has 1 fully saturated rings. The Bertz CT molecular complexity index is 189. The minimum absolute atomic E-state index is 0.116. The lowest BCUT2D eigenvalue weighted by Crippen LogP contribution is -2.48. The smallest absolute Gasteiger partial charge is 0.234 e. The van der Waals surface area contributed by atoms with Crippen LogP contribution in [0.5, 0.6) is 0 Å². The Morgan fingerprint density at radius 3 is 2.50 bits per heavy atom. The number of rotatable bonds is 4. The van der Waals surface area contributed by atoms with Gasteiger partial charge in [0.1, 0.15) is 0 Å². The third-order valence-corrected chi connectivity index (χ3v) is 3.06. The van der Waals surface area contributed by atoms with E-state index in [-0.39, 0.29) is 18.6 Å². The fraction of sp³-hybridized carbons (Fsp3) is 0.900. The normalized spacial score (nSPS) is 22.1. The molecule has 3 N–H and O–H groups in total. The molecule has 1 rings (SSSR count). The summed E-state index contributed by atoms with van der Waals surface area (Å²) in [6.07, 6.45) is 2.72. The molecule has 0 aromatic carbocycles. The highest BCUT2D eigenvalue weighted by Gasteiger charge is 2.26. The lowest BCUT2D eigenvalue weighted by Gasteiger charge is -2.35. The number of likely N-dealkylation sites (tertiary alicyclic amines) is 1. The molecule has 1 aliphatic heterocycles. The Hall–Kier alpha value is -0.610. The first kappa shape index (κ1) is 11.5. The number of aliphatic hydroxyl groups is 1. The first-order chi connectivity index (χ1) is 6.69. The number of hydrogen-bond donors (Lipinski definition) is 2. The van der Waals surface area contributed by atoms with Crippen molar-refractivity contribution in [3.05, 3.63) is 0 Å². The van der Waals surface area contributed by atoms with Crippen molar-refractivity contribution in [1.29, 1.82) is 0 Å². The molecule has 1 atom stereocenters. The van der Waals surface area contributed by atoms with Crippen LogP contribution in [0.1, 0.15) is 26.2 Å². The van der Waals surface area contributed by atoms with E-state index >= 15 is 0 Å². The number of aliphatic hydroxyl groups excluding tert-OH is 1. The molecule has 0 aliphatic carbocycles. The highest BCUT2D eigenvalue weighted by Crippen LogP contribution is 2.19. The van der Waals surface area contributed by atoms with Crippen molar-refractivity contribution in [1.82, 2.24) is 4.90 Å². The fourth-order valence-electron chi connectivity index (χ4n) is 2.09. The van der Waals surface area contributed by atoms with Crippen molar-refractivity contribution in [2.45, 2.75) is 32.2 Å². The Morgan fingerprint density at radius 2 is 2.14 bits per heavy atom. The van der Waals surface area contributed by atoms with Crippen molar-refractivity contribution in [3.63, 3.8) is 0 Å². The van der Waals surface area contributed by atoms with Crippen molar-refractivity contribution < 1.29 is 9.90 Å². The maximum absolute atomic E-state index is 11.1. The molecule has 1 aliphatic rings. The van der Waals surface area contributed by atoms with Crippen LogP contribution < -0.4 is 5.73 Å². The molecular formula is C10H20N2O2. The van der Waals surface area contributed by atoms with Gasteiger partial charge in [0.25, 0.3) is 0 Å². The molecule has 0 radical (unpaired) electrons. The number of carbonyl (C=O) groups excluding carboxylic acids is 1. The second-order valence-corrected chi connectivity index (χ2v) is 3.99.